The highest BCUT2D eigenvalue weighted by atomic mass is 32.2. The summed E-state index contributed by atoms with van der Waals surface area (Å²) in [5.41, 5.74) is 7.16. The lowest BCUT2D eigenvalue weighted by atomic mass is 10.1. The number of anilines is 2. The topological polar surface area (TPSA) is 78.7 Å². The third kappa shape index (κ3) is 3.12. The molecule has 0 bridgehead atoms. The molecule has 124 valence electrons. The highest BCUT2D eigenvalue weighted by Crippen LogP contribution is 2.45. The van der Waals surface area contributed by atoms with Crippen molar-refractivity contribution in [2.45, 2.75) is 23.1 Å². The van der Waals surface area contributed by atoms with E-state index in [1.165, 1.54) is 0 Å². The Balaban J connectivity index is 2.04. The van der Waals surface area contributed by atoms with Gasteiger partial charge in [-0.25, -0.2) is 8.42 Å². The molecule has 3 rings (SSSR count). The Morgan fingerprint density at radius 2 is 2.17 bits per heavy atom. The van der Waals surface area contributed by atoms with E-state index in [4.69, 9.17) is 30.2 Å². The molecule has 2 atom stereocenters. The Morgan fingerprint density at radius 1 is 1.48 bits per heavy atom. The molecule has 0 saturated carbocycles. The molecule has 3 N–H and O–H groups in total. The van der Waals surface area contributed by atoms with Gasteiger partial charge in [-0.1, -0.05) is 6.92 Å². The van der Waals surface area contributed by atoms with E-state index in [2.05, 4.69) is 11.6 Å². The van der Waals surface area contributed by atoms with E-state index in [-0.39, 0.29) is 11.2 Å². The molecular formula is C13H16N4O2S4. The molecule has 1 saturated heterocycles. The van der Waals surface area contributed by atoms with Crippen LogP contribution in [0.2, 0.25) is 0 Å². The first-order valence-electron chi connectivity index (χ1n) is 6.86. The normalized spacial score (nSPS) is 23.5. The summed E-state index contributed by atoms with van der Waals surface area (Å²) in [4.78, 5) is 4.83. The minimum absolute atomic E-state index is 0.148. The van der Waals surface area contributed by atoms with E-state index in [0.29, 0.717) is 22.6 Å². The van der Waals surface area contributed by atoms with Crippen LogP contribution in [0.15, 0.2) is 23.1 Å². The fraction of sp³-hybridized carbons (Fsp3) is 0.385. The van der Waals surface area contributed by atoms with Crippen molar-refractivity contribution in [3.05, 3.63) is 18.2 Å². The van der Waals surface area contributed by atoms with Crippen LogP contribution in [0.25, 0.3) is 0 Å². The Hall–Kier alpha value is -1.10. The van der Waals surface area contributed by atoms with Crippen LogP contribution in [-0.4, -0.2) is 47.6 Å². The summed E-state index contributed by atoms with van der Waals surface area (Å²) < 4.78 is 25.4. The summed E-state index contributed by atoms with van der Waals surface area (Å²) >= 11 is 12.4. The summed E-state index contributed by atoms with van der Waals surface area (Å²) in [7, 11) is -3.33. The monoisotopic (exact) mass is 388 g/mol. The molecule has 2 aliphatic heterocycles. The van der Waals surface area contributed by atoms with Gasteiger partial charge in [-0.05, 0) is 42.6 Å². The number of hydrogen-bond donors (Lipinski definition) is 2. The Labute approximate surface area is 150 Å². The molecule has 2 aliphatic rings. The maximum absolute atomic E-state index is 11.5. The Morgan fingerprint density at radius 3 is 2.78 bits per heavy atom. The van der Waals surface area contributed by atoms with E-state index in [0.717, 1.165) is 16.8 Å². The van der Waals surface area contributed by atoms with Crippen LogP contribution in [0.3, 0.4) is 0 Å². The standard InChI is InChI=1S/C13H16N4O2S4/c1-7-10-6-16(12(14)20)13(21)17(10)9-5-8(15-23(2,18)19)3-4-11(9)22-7/h3-5,7,10,15H,6H2,1-2H3,(H2,14,20). The molecule has 0 aliphatic carbocycles. The zero-order chi connectivity index (χ0) is 16.9. The van der Waals surface area contributed by atoms with Gasteiger partial charge in [-0.15, -0.1) is 11.8 Å². The quantitative estimate of drug-likeness (QED) is 0.739. The zero-order valence-corrected chi connectivity index (χ0v) is 15.8. The predicted molar refractivity (Wildman–Crippen MR) is 103 cm³/mol. The molecule has 1 aromatic carbocycles. The van der Waals surface area contributed by atoms with Gasteiger partial charge < -0.3 is 10.6 Å². The Kier molecular flexibility index (Phi) is 4.20. The number of nitrogens with one attached hydrogen (secondary N) is 1. The number of sulfonamides is 1. The van der Waals surface area contributed by atoms with Crippen molar-refractivity contribution >= 4 is 67.8 Å². The van der Waals surface area contributed by atoms with Gasteiger partial charge in [-0.2, -0.15) is 0 Å². The van der Waals surface area contributed by atoms with Crippen LogP contribution >= 0.6 is 36.2 Å². The van der Waals surface area contributed by atoms with E-state index < -0.39 is 10.0 Å². The molecule has 0 amide bonds. The predicted octanol–water partition coefficient (Wildman–Crippen LogP) is 1.57. The minimum Gasteiger partial charge on any atom is -0.376 e. The van der Waals surface area contributed by atoms with E-state index >= 15 is 0 Å². The first kappa shape index (κ1) is 16.7. The molecule has 10 heteroatoms. The first-order chi connectivity index (χ1) is 10.7. The van der Waals surface area contributed by atoms with Crippen molar-refractivity contribution in [2.24, 2.45) is 5.73 Å². The summed E-state index contributed by atoms with van der Waals surface area (Å²) in [6.07, 6.45) is 1.13. The van der Waals surface area contributed by atoms with Crippen molar-refractivity contribution in [1.29, 1.82) is 0 Å². The van der Waals surface area contributed by atoms with Crippen molar-refractivity contribution < 1.29 is 8.42 Å². The maximum atomic E-state index is 11.5. The zero-order valence-electron chi connectivity index (χ0n) is 12.5. The minimum atomic E-state index is -3.33. The molecule has 0 spiro atoms. The Bertz CT molecular complexity index is 795. The van der Waals surface area contributed by atoms with Gasteiger partial charge in [0.15, 0.2) is 10.2 Å². The van der Waals surface area contributed by atoms with Gasteiger partial charge in [0.2, 0.25) is 10.0 Å². The second-order valence-corrected chi connectivity index (χ2v) is 9.50. The van der Waals surface area contributed by atoms with Crippen LogP contribution in [0.5, 0.6) is 0 Å². The van der Waals surface area contributed by atoms with Gasteiger partial charge in [0, 0.05) is 16.7 Å². The highest BCUT2D eigenvalue weighted by molar-refractivity contribution is 8.00. The van der Waals surface area contributed by atoms with Crippen LogP contribution in [0, 0.1) is 0 Å². The lowest BCUT2D eigenvalue weighted by Gasteiger charge is -2.36. The molecule has 2 heterocycles. The molecule has 0 radical (unpaired) electrons. The second-order valence-electron chi connectivity index (χ2n) is 5.55. The number of nitrogens with two attached hydrogens (primary N) is 1. The fourth-order valence-corrected chi connectivity index (χ4v) is 5.18. The van der Waals surface area contributed by atoms with Crippen molar-refractivity contribution in [3.8, 4) is 0 Å². The first-order valence-corrected chi connectivity index (χ1v) is 10.4. The van der Waals surface area contributed by atoms with Crippen LogP contribution in [0.4, 0.5) is 11.4 Å². The summed E-state index contributed by atoms with van der Waals surface area (Å²) in [6, 6.07) is 5.61. The third-order valence-corrected chi connectivity index (χ3v) is 6.31. The van der Waals surface area contributed by atoms with E-state index in [9.17, 15) is 8.42 Å². The van der Waals surface area contributed by atoms with Gasteiger partial charge in [0.25, 0.3) is 0 Å². The molecule has 23 heavy (non-hydrogen) atoms. The van der Waals surface area contributed by atoms with E-state index in [1.807, 2.05) is 11.0 Å². The molecule has 6 nitrogen and oxygen atoms in total. The molecular weight excluding hydrogens is 372 g/mol. The van der Waals surface area contributed by atoms with Gasteiger partial charge in [0.1, 0.15) is 0 Å². The lowest BCUT2D eigenvalue weighted by Crippen LogP contribution is -2.43. The van der Waals surface area contributed by atoms with Crippen LogP contribution in [-0.2, 0) is 10.0 Å². The number of thiocarbonyl (C=S) groups is 2. The molecule has 0 aromatic heterocycles. The fourth-order valence-electron chi connectivity index (χ4n) is 2.80. The number of hydrogen-bond acceptors (Lipinski definition) is 5. The molecule has 2 unspecified atom stereocenters. The average molecular weight is 389 g/mol. The van der Waals surface area contributed by atoms with E-state index in [1.54, 1.807) is 28.8 Å². The third-order valence-electron chi connectivity index (χ3n) is 3.78. The number of thioether (sulfide) groups is 1. The van der Waals surface area contributed by atoms with Crippen molar-refractivity contribution in [1.82, 2.24) is 4.90 Å². The van der Waals surface area contributed by atoms with Gasteiger partial charge >= 0.3 is 0 Å². The summed E-state index contributed by atoms with van der Waals surface area (Å²) in [5, 5.41) is 1.13. The maximum Gasteiger partial charge on any atom is 0.229 e. The van der Waals surface area contributed by atoms with Crippen LogP contribution < -0.4 is 15.4 Å². The summed E-state index contributed by atoms with van der Waals surface area (Å²) in [6.45, 7) is 2.78. The largest absolute Gasteiger partial charge is 0.376 e. The van der Waals surface area contributed by atoms with Crippen LogP contribution in [0.1, 0.15) is 6.92 Å². The number of benzene rings is 1. The number of fused-ring (bicyclic) bond motifs is 3. The SMILES string of the molecule is CC1Sc2ccc(NS(C)(=O)=O)cc2N2C(=S)N(C(N)=S)CC12. The average Bonchev–Trinajstić information content (AvgIpc) is 2.77. The molecule has 1 aromatic rings. The lowest BCUT2D eigenvalue weighted by molar-refractivity contribution is 0.584. The van der Waals surface area contributed by atoms with Gasteiger partial charge in [0.05, 0.1) is 23.7 Å². The van der Waals surface area contributed by atoms with Gasteiger partial charge in [-0.3, -0.25) is 9.62 Å². The highest BCUT2D eigenvalue weighted by Gasteiger charge is 2.43. The number of nitrogens with zero attached hydrogens (tertiary/aromatic N) is 2. The summed E-state index contributed by atoms with van der Waals surface area (Å²) in [5.74, 6) is 0. The van der Waals surface area contributed by atoms with Crippen molar-refractivity contribution in [2.75, 3.05) is 22.4 Å². The second kappa shape index (κ2) is 5.76. The van der Waals surface area contributed by atoms with Crippen molar-refractivity contribution in [3.63, 3.8) is 0 Å². The number of rotatable bonds is 2. The molecule has 1 fully saturated rings. The smallest absolute Gasteiger partial charge is 0.229 e.